The maximum Gasteiger partial charge on any atom is 0.282 e. The largest absolute Gasteiger partial charge is 0.497 e. The SMILES string of the molecule is C=Nc1ccc(N2CC(F)(F)C2)cc1C(=C)OC. The molecule has 0 saturated carbocycles. The lowest BCUT2D eigenvalue weighted by molar-refractivity contribution is -0.0262. The Morgan fingerprint density at radius 1 is 1.44 bits per heavy atom. The minimum atomic E-state index is -2.59. The van der Waals surface area contributed by atoms with Crippen LogP contribution >= 0.6 is 0 Å². The van der Waals surface area contributed by atoms with Crippen molar-refractivity contribution >= 4 is 23.9 Å². The van der Waals surface area contributed by atoms with E-state index in [1.165, 1.54) is 7.11 Å². The molecule has 0 N–H and O–H groups in total. The maximum absolute atomic E-state index is 12.8. The summed E-state index contributed by atoms with van der Waals surface area (Å²) in [4.78, 5) is 5.45. The monoisotopic (exact) mass is 252 g/mol. The van der Waals surface area contributed by atoms with Crippen LogP contribution in [0.25, 0.3) is 5.76 Å². The van der Waals surface area contributed by atoms with Gasteiger partial charge in [0.25, 0.3) is 5.92 Å². The normalized spacial score (nSPS) is 16.9. The van der Waals surface area contributed by atoms with Gasteiger partial charge in [-0.1, -0.05) is 6.58 Å². The van der Waals surface area contributed by atoms with Gasteiger partial charge in [-0.25, -0.2) is 8.78 Å². The van der Waals surface area contributed by atoms with E-state index in [2.05, 4.69) is 18.3 Å². The minimum Gasteiger partial charge on any atom is -0.497 e. The summed E-state index contributed by atoms with van der Waals surface area (Å²) in [6, 6.07) is 5.20. The van der Waals surface area contributed by atoms with Crippen LogP contribution in [-0.4, -0.2) is 32.8 Å². The second-order valence-electron chi connectivity index (χ2n) is 4.20. The molecule has 0 unspecified atom stereocenters. The Kier molecular flexibility index (Phi) is 3.07. The summed E-state index contributed by atoms with van der Waals surface area (Å²) in [6.07, 6.45) is 0. The molecule has 1 fully saturated rings. The van der Waals surface area contributed by atoms with Crippen LogP contribution in [0.3, 0.4) is 0 Å². The van der Waals surface area contributed by atoms with E-state index in [4.69, 9.17) is 4.74 Å². The van der Waals surface area contributed by atoms with Crippen molar-refractivity contribution in [2.45, 2.75) is 5.92 Å². The van der Waals surface area contributed by atoms with Gasteiger partial charge in [-0.15, -0.1) is 0 Å². The molecule has 1 aromatic carbocycles. The number of hydrogen-bond acceptors (Lipinski definition) is 3. The number of rotatable bonds is 4. The molecule has 0 aromatic heterocycles. The van der Waals surface area contributed by atoms with Crippen LogP contribution in [0.2, 0.25) is 0 Å². The fourth-order valence-electron chi connectivity index (χ4n) is 1.89. The Bertz CT molecular complexity index is 492. The van der Waals surface area contributed by atoms with Gasteiger partial charge in [-0.05, 0) is 24.9 Å². The van der Waals surface area contributed by atoms with Crippen LogP contribution in [0, 0.1) is 0 Å². The van der Waals surface area contributed by atoms with Gasteiger partial charge < -0.3 is 9.64 Å². The summed E-state index contributed by atoms with van der Waals surface area (Å²) in [5.41, 5.74) is 2.00. The highest BCUT2D eigenvalue weighted by atomic mass is 19.3. The highest BCUT2D eigenvalue weighted by Crippen LogP contribution is 2.35. The molecule has 96 valence electrons. The first-order chi connectivity index (χ1) is 8.46. The van der Waals surface area contributed by atoms with Crippen molar-refractivity contribution in [2.24, 2.45) is 4.99 Å². The topological polar surface area (TPSA) is 24.8 Å². The Balaban J connectivity index is 2.29. The third-order valence-electron chi connectivity index (χ3n) is 2.91. The summed E-state index contributed by atoms with van der Waals surface area (Å²) in [5, 5.41) is 0. The number of nitrogens with zero attached hydrogens (tertiary/aromatic N) is 2. The predicted octanol–water partition coefficient (Wildman–Crippen LogP) is 3.09. The fourth-order valence-corrected chi connectivity index (χ4v) is 1.89. The smallest absolute Gasteiger partial charge is 0.282 e. The Hall–Kier alpha value is -1.91. The zero-order valence-corrected chi connectivity index (χ0v) is 10.1. The first-order valence-corrected chi connectivity index (χ1v) is 5.43. The molecule has 1 aliphatic rings. The lowest BCUT2D eigenvalue weighted by atomic mass is 10.1. The van der Waals surface area contributed by atoms with Gasteiger partial charge >= 0.3 is 0 Å². The number of ether oxygens (including phenoxy) is 1. The van der Waals surface area contributed by atoms with Crippen LogP contribution in [0.4, 0.5) is 20.2 Å². The first-order valence-electron chi connectivity index (χ1n) is 5.43. The average Bonchev–Trinajstić information content (AvgIpc) is 2.34. The second kappa shape index (κ2) is 4.40. The lowest BCUT2D eigenvalue weighted by Gasteiger charge is -2.40. The molecule has 0 amide bonds. The minimum absolute atomic E-state index is 0.257. The standard InChI is InChI=1S/C13H14F2N2O/c1-9(18-3)11-6-10(4-5-12(11)16-2)17-7-13(14,15)8-17/h4-6H,1-2,7-8H2,3H3. The van der Waals surface area contributed by atoms with Crippen LogP contribution in [0.15, 0.2) is 29.8 Å². The number of benzene rings is 1. The lowest BCUT2D eigenvalue weighted by Crippen LogP contribution is -2.56. The Labute approximate surface area is 104 Å². The van der Waals surface area contributed by atoms with E-state index in [1.54, 1.807) is 23.1 Å². The molecule has 1 aromatic rings. The van der Waals surface area contributed by atoms with Gasteiger partial charge in [-0.2, -0.15) is 0 Å². The summed E-state index contributed by atoms with van der Waals surface area (Å²) >= 11 is 0. The predicted molar refractivity (Wildman–Crippen MR) is 68.9 cm³/mol. The van der Waals surface area contributed by atoms with Crippen molar-refractivity contribution in [3.63, 3.8) is 0 Å². The number of anilines is 1. The average molecular weight is 252 g/mol. The Morgan fingerprint density at radius 3 is 2.61 bits per heavy atom. The summed E-state index contributed by atoms with van der Waals surface area (Å²) in [7, 11) is 1.50. The fraction of sp³-hybridized carbons (Fsp3) is 0.308. The third kappa shape index (κ3) is 2.20. The van der Waals surface area contributed by atoms with Crippen LogP contribution in [0.5, 0.6) is 0 Å². The Morgan fingerprint density at radius 2 is 2.11 bits per heavy atom. The quantitative estimate of drug-likeness (QED) is 0.607. The molecule has 3 nitrogen and oxygen atoms in total. The highest BCUT2D eigenvalue weighted by Gasteiger charge is 2.44. The van der Waals surface area contributed by atoms with Crippen molar-refractivity contribution in [1.82, 2.24) is 0 Å². The molecule has 0 aliphatic carbocycles. The summed E-state index contributed by atoms with van der Waals surface area (Å²) in [6.45, 7) is 6.69. The first kappa shape index (κ1) is 12.5. The van der Waals surface area contributed by atoms with E-state index < -0.39 is 5.92 Å². The van der Waals surface area contributed by atoms with Gasteiger partial charge in [0, 0.05) is 11.3 Å². The third-order valence-corrected chi connectivity index (χ3v) is 2.91. The van der Waals surface area contributed by atoms with Gasteiger partial charge in [0.05, 0.1) is 25.9 Å². The molecule has 0 atom stereocenters. The molecule has 18 heavy (non-hydrogen) atoms. The number of hydrogen-bond donors (Lipinski definition) is 0. The summed E-state index contributed by atoms with van der Waals surface area (Å²) < 4.78 is 30.7. The van der Waals surface area contributed by atoms with E-state index in [0.29, 0.717) is 22.7 Å². The number of alkyl halides is 2. The molecule has 1 heterocycles. The zero-order valence-electron chi connectivity index (χ0n) is 10.1. The molecule has 1 aliphatic heterocycles. The molecule has 1 saturated heterocycles. The molecular formula is C13H14F2N2O. The van der Waals surface area contributed by atoms with Crippen molar-refractivity contribution in [1.29, 1.82) is 0 Å². The van der Waals surface area contributed by atoms with Gasteiger partial charge in [0.15, 0.2) is 0 Å². The number of aliphatic imine (C=N–C) groups is 1. The van der Waals surface area contributed by atoms with Crippen LogP contribution < -0.4 is 4.90 Å². The summed E-state index contributed by atoms with van der Waals surface area (Å²) in [5.74, 6) is -2.15. The van der Waals surface area contributed by atoms with Crippen molar-refractivity contribution < 1.29 is 13.5 Å². The molecule has 0 spiro atoms. The second-order valence-corrected chi connectivity index (χ2v) is 4.20. The van der Waals surface area contributed by atoms with Crippen molar-refractivity contribution in [3.05, 3.63) is 30.3 Å². The van der Waals surface area contributed by atoms with E-state index in [0.717, 1.165) is 0 Å². The van der Waals surface area contributed by atoms with Crippen LogP contribution in [-0.2, 0) is 4.74 Å². The molecular weight excluding hydrogens is 238 g/mol. The van der Waals surface area contributed by atoms with Gasteiger partial charge in [-0.3, -0.25) is 4.99 Å². The van der Waals surface area contributed by atoms with Crippen molar-refractivity contribution in [3.8, 4) is 0 Å². The van der Waals surface area contributed by atoms with E-state index in [9.17, 15) is 8.78 Å². The molecule has 0 bridgehead atoms. The molecule has 0 radical (unpaired) electrons. The van der Waals surface area contributed by atoms with Gasteiger partial charge in [0.2, 0.25) is 0 Å². The highest BCUT2D eigenvalue weighted by molar-refractivity contribution is 5.75. The molecule has 2 rings (SSSR count). The molecule has 5 heteroatoms. The number of methoxy groups -OCH3 is 1. The van der Waals surface area contributed by atoms with Gasteiger partial charge in [0.1, 0.15) is 5.76 Å². The zero-order chi connectivity index (χ0) is 13.3. The van der Waals surface area contributed by atoms with Crippen LogP contribution in [0.1, 0.15) is 5.56 Å². The van der Waals surface area contributed by atoms with Crippen molar-refractivity contribution in [2.75, 3.05) is 25.1 Å². The number of halogens is 2. The van der Waals surface area contributed by atoms with E-state index >= 15 is 0 Å². The maximum atomic E-state index is 12.8. The van der Waals surface area contributed by atoms with E-state index in [-0.39, 0.29) is 13.1 Å². The van der Waals surface area contributed by atoms with E-state index in [1.807, 2.05) is 0 Å².